The lowest BCUT2D eigenvalue weighted by Gasteiger charge is -2.17. The first-order chi connectivity index (χ1) is 13.1. The monoisotopic (exact) mass is 379 g/mol. The molecule has 1 amide bonds. The Morgan fingerprint density at radius 1 is 1.11 bits per heavy atom. The van der Waals surface area contributed by atoms with Crippen LogP contribution in [-0.2, 0) is 11.2 Å². The zero-order valence-corrected chi connectivity index (χ0v) is 15.2. The summed E-state index contributed by atoms with van der Waals surface area (Å²) in [5.41, 5.74) is 2.34. The van der Waals surface area contributed by atoms with Gasteiger partial charge in [-0.3, -0.25) is 14.2 Å². The zero-order chi connectivity index (χ0) is 18.8. The number of carbonyl (C=O) groups is 1. The van der Waals surface area contributed by atoms with Gasteiger partial charge in [-0.05, 0) is 30.2 Å². The molecule has 7 heteroatoms. The van der Waals surface area contributed by atoms with Crippen LogP contribution in [0.2, 0.25) is 0 Å². The summed E-state index contributed by atoms with van der Waals surface area (Å²) >= 11 is 1.14. The summed E-state index contributed by atoms with van der Waals surface area (Å²) in [6.07, 6.45) is 0.839. The van der Waals surface area contributed by atoms with Crippen LogP contribution in [0, 0.1) is 0 Å². The Kier molecular flexibility index (Phi) is 4.68. The Labute approximate surface area is 160 Å². The van der Waals surface area contributed by atoms with E-state index in [1.807, 2.05) is 42.5 Å². The van der Waals surface area contributed by atoms with Gasteiger partial charge in [0.05, 0.1) is 17.5 Å². The molecule has 0 unspecified atom stereocenters. The molecule has 0 fully saturated rings. The number of amides is 1. The van der Waals surface area contributed by atoms with Crippen LogP contribution in [0.4, 0.5) is 5.69 Å². The average molecular weight is 379 g/mol. The van der Waals surface area contributed by atoms with Gasteiger partial charge in [0.15, 0.2) is 5.16 Å². The summed E-state index contributed by atoms with van der Waals surface area (Å²) in [5, 5.41) is 10.0. The Hall–Kier alpha value is -3.06. The molecule has 2 heterocycles. The lowest BCUT2D eigenvalue weighted by atomic mass is 10.2. The molecule has 3 aromatic rings. The standard InChI is InChI=1S/C20H17N3O3S/c24-17-12-18(25)23(15-7-2-1-3-8-15)20(21-17)27-13-19(26)22-11-10-14-6-4-5-9-16(14)22/h1-9,12,24H,10-11,13H2. The van der Waals surface area contributed by atoms with Gasteiger partial charge in [-0.15, -0.1) is 0 Å². The maximum atomic E-state index is 12.7. The zero-order valence-electron chi connectivity index (χ0n) is 14.4. The van der Waals surface area contributed by atoms with E-state index >= 15 is 0 Å². The van der Waals surface area contributed by atoms with Crippen LogP contribution < -0.4 is 10.5 Å². The number of hydrogen-bond acceptors (Lipinski definition) is 5. The summed E-state index contributed by atoms with van der Waals surface area (Å²) in [4.78, 5) is 30.9. The van der Waals surface area contributed by atoms with Gasteiger partial charge in [0.1, 0.15) is 0 Å². The first kappa shape index (κ1) is 17.4. The number of aromatic hydroxyl groups is 1. The minimum atomic E-state index is -0.393. The summed E-state index contributed by atoms with van der Waals surface area (Å²) in [6, 6.07) is 18.0. The molecule has 0 spiro atoms. The van der Waals surface area contributed by atoms with E-state index in [-0.39, 0.29) is 22.7 Å². The van der Waals surface area contributed by atoms with Crippen molar-refractivity contribution in [2.24, 2.45) is 0 Å². The lowest BCUT2D eigenvalue weighted by molar-refractivity contribution is -0.116. The highest BCUT2D eigenvalue weighted by Crippen LogP contribution is 2.29. The molecule has 0 saturated heterocycles. The van der Waals surface area contributed by atoms with Crippen molar-refractivity contribution in [3.63, 3.8) is 0 Å². The number of carbonyl (C=O) groups excluding carboxylic acids is 1. The molecule has 1 aromatic heterocycles. The van der Waals surface area contributed by atoms with Crippen LogP contribution in [0.5, 0.6) is 5.88 Å². The third kappa shape index (κ3) is 3.46. The number of rotatable bonds is 4. The number of thioether (sulfide) groups is 1. The molecular weight excluding hydrogens is 362 g/mol. The van der Waals surface area contributed by atoms with Crippen LogP contribution in [0.15, 0.2) is 70.6 Å². The Bertz CT molecular complexity index is 1050. The van der Waals surface area contributed by atoms with Gasteiger partial charge in [-0.25, -0.2) is 0 Å². The molecule has 0 bridgehead atoms. The van der Waals surface area contributed by atoms with Gasteiger partial charge in [0, 0.05) is 12.2 Å². The van der Waals surface area contributed by atoms with Crippen molar-refractivity contribution in [3.8, 4) is 11.6 Å². The first-order valence-corrected chi connectivity index (χ1v) is 9.51. The minimum absolute atomic E-state index is 0.0536. The number of para-hydroxylation sites is 2. The van der Waals surface area contributed by atoms with Crippen LogP contribution in [0.3, 0.4) is 0 Å². The van der Waals surface area contributed by atoms with Crippen molar-refractivity contribution in [3.05, 3.63) is 76.6 Å². The van der Waals surface area contributed by atoms with Crippen molar-refractivity contribution in [2.45, 2.75) is 11.6 Å². The predicted octanol–water partition coefficient (Wildman–Crippen LogP) is 2.62. The number of benzene rings is 2. The second-order valence-electron chi connectivity index (χ2n) is 6.12. The Morgan fingerprint density at radius 2 is 1.85 bits per heavy atom. The van der Waals surface area contributed by atoms with E-state index in [2.05, 4.69) is 4.98 Å². The van der Waals surface area contributed by atoms with E-state index in [9.17, 15) is 14.7 Å². The van der Waals surface area contributed by atoms with Crippen molar-refractivity contribution in [1.82, 2.24) is 9.55 Å². The molecule has 0 radical (unpaired) electrons. The summed E-state index contributed by atoms with van der Waals surface area (Å²) in [5.74, 6) is -0.285. The quantitative estimate of drug-likeness (QED) is 0.557. The molecule has 1 N–H and O–H groups in total. The highest BCUT2D eigenvalue weighted by molar-refractivity contribution is 7.99. The molecule has 2 aromatic carbocycles. The van der Waals surface area contributed by atoms with Crippen LogP contribution in [0.25, 0.3) is 5.69 Å². The molecular formula is C20H17N3O3S. The molecule has 27 heavy (non-hydrogen) atoms. The lowest BCUT2D eigenvalue weighted by Crippen LogP contribution is -2.31. The third-order valence-electron chi connectivity index (χ3n) is 4.40. The highest BCUT2D eigenvalue weighted by atomic mass is 32.2. The molecule has 1 aliphatic rings. The first-order valence-electron chi connectivity index (χ1n) is 8.53. The largest absolute Gasteiger partial charge is 0.493 e. The molecule has 0 saturated carbocycles. The Morgan fingerprint density at radius 3 is 2.67 bits per heavy atom. The summed E-state index contributed by atoms with van der Waals surface area (Å²) < 4.78 is 1.40. The SMILES string of the molecule is O=C(CSc1nc(O)cc(=O)n1-c1ccccc1)N1CCc2ccccc21. The van der Waals surface area contributed by atoms with Crippen molar-refractivity contribution >= 4 is 23.4 Å². The van der Waals surface area contributed by atoms with Gasteiger partial charge in [-0.1, -0.05) is 48.2 Å². The van der Waals surface area contributed by atoms with Gasteiger partial charge in [-0.2, -0.15) is 4.98 Å². The van der Waals surface area contributed by atoms with Crippen LogP contribution in [-0.4, -0.2) is 32.9 Å². The number of hydrogen-bond donors (Lipinski definition) is 1. The topological polar surface area (TPSA) is 75.4 Å². The minimum Gasteiger partial charge on any atom is -0.493 e. The molecule has 6 nitrogen and oxygen atoms in total. The van der Waals surface area contributed by atoms with E-state index < -0.39 is 5.56 Å². The van der Waals surface area contributed by atoms with E-state index in [1.165, 1.54) is 4.57 Å². The summed E-state index contributed by atoms with van der Waals surface area (Å²) in [7, 11) is 0. The smallest absolute Gasteiger partial charge is 0.262 e. The maximum Gasteiger partial charge on any atom is 0.262 e. The van der Waals surface area contributed by atoms with E-state index in [0.717, 1.165) is 35.5 Å². The summed E-state index contributed by atoms with van der Waals surface area (Å²) in [6.45, 7) is 0.650. The highest BCUT2D eigenvalue weighted by Gasteiger charge is 2.24. The number of aromatic nitrogens is 2. The number of anilines is 1. The van der Waals surface area contributed by atoms with Crippen molar-refractivity contribution < 1.29 is 9.90 Å². The van der Waals surface area contributed by atoms with Gasteiger partial charge in [0.2, 0.25) is 11.8 Å². The van der Waals surface area contributed by atoms with Gasteiger partial charge in [0.25, 0.3) is 5.56 Å². The van der Waals surface area contributed by atoms with Crippen LogP contribution in [0.1, 0.15) is 5.56 Å². The van der Waals surface area contributed by atoms with Crippen molar-refractivity contribution in [1.29, 1.82) is 0 Å². The average Bonchev–Trinajstić information content (AvgIpc) is 3.10. The normalized spacial score (nSPS) is 12.8. The van der Waals surface area contributed by atoms with E-state index in [4.69, 9.17) is 0 Å². The van der Waals surface area contributed by atoms with Crippen LogP contribution >= 0.6 is 11.8 Å². The molecule has 1 aliphatic heterocycles. The maximum absolute atomic E-state index is 12.7. The fourth-order valence-electron chi connectivity index (χ4n) is 3.16. The number of fused-ring (bicyclic) bond motifs is 1. The van der Waals surface area contributed by atoms with E-state index in [0.29, 0.717) is 12.2 Å². The fourth-order valence-corrected chi connectivity index (χ4v) is 4.05. The molecule has 4 rings (SSSR count). The predicted molar refractivity (Wildman–Crippen MR) is 105 cm³/mol. The number of nitrogens with zero attached hydrogens (tertiary/aromatic N) is 3. The molecule has 0 aliphatic carbocycles. The third-order valence-corrected chi connectivity index (χ3v) is 5.33. The second-order valence-corrected chi connectivity index (χ2v) is 7.06. The second kappa shape index (κ2) is 7.28. The Balaban J connectivity index is 1.59. The van der Waals surface area contributed by atoms with Gasteiger partial charge >= 0.3 is 0 Å². The van der Waals surface area contributed by atoms with E-state index in [1.54, 1.807) is 17.0 Å². The van der Waals surface area contributed by atoms with Gasteiger partial charge < -0.3 is 10.0 Å². The van der Waals surface area contributed by atoms with Crippen molar-refractivity contribution in [2.75, 3.05) is 17.2 Å². The molecule has 136 valence electrons. The fraction of sp³-hybridized carbons (Fsp3) is 0.150. The molecule has 0 atom stereocenters.